The molecule has 3 fully saturated rings. The number of carbonyl (C=O) groups excluding carboxylic acids is 1. The Hall–Kier alpha value is -6.89. The van der Waals surface area contributed by atoms with Crippen LogP contribution in [-0.2, 0) is 4.79 Å². The molecule has 12 nitrogen and oxygen atoms in total. The molecular formula is C57H58O12. The van der Waals surface area contributed by atoms with Crippen LogP contribution in [0, 0.1) is 17.8 Å². The lowest BCUT2D eigenvalue weighted by Gasteiger charge is -2.44. The van der Waals surface area contributed by atoms with Crippen LogP contribution in [0.25, 0.3) is 0 Å². The molecule has 11 atom stereocenters. The Labute approximate surface area is 400 Å². The van der Waals surface area contributed by atoms with Crippen LogP contribution in [-0.4, -0.2) is 58.8 Å². The maximum atomic E-state index is 12.0. The normalized spacial score (nSPS) is 28.2. The van der Waals surface area contributed by atoms with Crippen molar-refractivity contribution in [3.63, 3.8) is 0 Å². The first-order valence-corrected chi connectivity index (χ1v) is 24.1. The topological polar surface area (TPSA) is 207 Å². The molecule has 6 aliphatic rings. The lowest BCUT2D eigenvalue weighted by molar-refractivity contribution is -0.122. The number of hydrogen-bond acceptors (Lipinski definition) is 12. The molecule has 8 N–H and O–H groups in total. The quantitative estimate of drug-likeness (QED) is 0.0834. The molecule has 12 heteroatoms. The van der Waals surface area contributed by atoms with Crippen molar-refractivity contribution in [2.24, 2.45) is 17.8 Å². The van der Waals surface area contributed by atoms with E-state index in [1.807, 2.05) is 36.4 Å². The Bertz CT molecular complexity index is 2650. The fourth-order valence-corrected chi connectivity index (χ4v) is 11.9. The Balaban J connectivity index is 0.000000120. The molecule has 12 rings (SSSR count). The summed E-state index contributed by atoms with van der Waals surface area (Å²) in [6.07, 6.45) is 5.63. The molecule has 6 aromatic rings. The number of ketones is 1. The minimum absolute atomic E-state index is 0.0749. The molecule has 3 aliphatic carbocycles. The molecule has 69 heavy (non-hydrogen) atoms. The lowest BCUT2D eigenvalue weighted by Crippen LogP contribution is -2.36. The van der Waals surface area contributed by atoms with Crippen LogP contribution >= 0.6 is 0 Å². The average molecular weight is 935 g/mol. The van der Waals surface area contributed by atoms with Gasteiger partial charge in [-0.15, -0.1) is 0 Å². The van der Waals surface area contributed by atoms with E-state index in [0.717, 1.165) is 82.7 Å². The van der Waals surface area contributed by atoms with Gasteiger partial charge in [0.15, 0.2) is 0 Å². The zero-order chi connectivity index (χ0) is 47.9. The molecule has 0 saturated heterocycles. The van der Waals surface area contributed by atoms with Crippen LogP contribution in [0.4, 0.5) is 0 Å². The summed E-state index contributed by atoms with van der Waals surface area (Å²) >= 11 is 0. The zero-order valence-electron chi connectivity index (χ0n) is 38.0. The molecule has 0 radical (unpaired) electrons. The average Bonchev–Trinajstić information content (AvgIpc) is 3.35. The van der Waals surface area contributed by atoms with Crippen molar-refractivity contribution in [2.45, 2.75) is 106 Å². The minimum atomic E-state index is -0.301. The van der Waals surface area contributed by atoms with E-state index in [0.29, 0.717) is 25.7 Å². The summed E-state index contributed by atoms with van der Waals surface area (Å²) in [5.41, 5.74) is 5.98. The third kappa shape index (κ3) is 9.60. The van der Waals surface area contributed by atoms with Gasteiger partial charge in [-0.3, -0.25) is 4.79 Å². The highest BCUT2D eigenvalue weighted by Crippen LogP contribution is 2.56. The van der Waals surface area contributed by atoms with Gasteiger partial charge < -0.3 is 55.1 Å². The summed E-state index contributed by atoms with van der Waals surface area (Å²) in [6.45, 7) is 0. The number of phenols is 6. The molecule has 3 saturated carbocycles. The number of aliphatic hydroxyl groups is 2. The number of benzene rings is 6. The maximum absolute atomic E-state index is 12.0. The van der Waals surface area contributed by atoms with Gasteiger partial charge in [0, 0.05) is 53.2 Å². The van der Waals surface area contributed by atoms with Crippen molar-refractivity contribution in [1.29, 1.82) is 0 Å². The smallest absolute Gasteiger partial charge is 0.133 e. The van der Waals surface area contributed by atoms with Crippen molar-refractivity contribution in [3.8, 4) is 51.7 Å². The lowest BCUT2D eigenvalue weighted by atomic mass is 9.69. The number of ether oxygens (including phenoxy) is 3. The van der Waals surface area contributed by atoms with Crippen LogP contribution in [0.5, 0.6) is 51.7 Å². The van der Waals surface area contributed by atoms with Crippen LogP contribution in [0.15, 0.2) is 127 Å². The molecule has 6 aromatic carbocycles. The number of aliphatic hydroxyl groups excluding tert-OH is 2. The van der Waals surface area contributed by atoms with Gasteiger partial charge in [-0.25, -0.2) is 0 Å². The van der Waals surface area contributed by atoms with Crippen molar-refractivity contribution >= 4 is 5.78 Å². The number of aromatic hydroxyl groups is 6. The number of phenolic OH excluding ortho intramolecular Hbond substituents is 6. The van der Waals surface area contributed by atoms with Crippen molar-refractivity contribution in [1.82, 2.24) is 0 Å². The Morgan fingerprint density at radius 3 is 1.06 bits per heavy atom. The molecule has 0 bridgehead atoms. The second kappa shape index (κ2) is 19.2. The van der Waals surface area contributed by atoms with Gasteiger partial charge in [0.25, 0.3) is 0 Å². The van der Waals surface area contributed by atoms with Crippen LogP contribution in [0.1, 0.15) is 127 Å². The first-order valence-electron chi connectivity index (χ1n) is 24.1. The highest BCUT2D eigenvalue weighted by atomic mass is 16.5. The fourth-order valence-electron chi connectivity index (χ4n) is 11.9. The van der Waals surface area contributed by atoms with Gasteiger partial charge in [0.2, 0.25) is 0 Å². The van der Waals surface area contributed by atoms with Gasteiger partial charge in [0.1, 0.15) is 75.8 Å². The van der Waals surface area contributed by atoms with Crippen LogP contribution < -0.4 is 14.2 Å². The largest absolute Gasteiger partial charge is 0.508 e. The third-order valence-electron chi connectivity index (χ3n) is 15.2. The molecule has 358 valence electrons. The van der Waals surface area contributed by atoms with Crippen LogP contribution in [0.2, 0.25) is 0 Å². The molecule has 3 aliphatic heterocycles. The highest BCUT2D eigenvalue weighted by Gasteiger charge is 2.45. The van der Waals surface area contributed by atoms with Crippen molar-refractivity contribution in [2.75, 3.05) is 0 Å². The third-order valence-corrected chi connectivity index (χ3v) is 15.2. The predicted molar refractivity (Wildman–Crippen MR) is 256 cm³/mol. The van der Waals surface area contributed by atoms with Crippen LogP contribution in [0.3, 0.4) is 0 Å². The Morgan fingerprint density at radius 2 is 0.696 bits per heavy atom. The first kappa shape index (κ1) is 45.9. The van der Waals surface area contributed by atoms with Gasteiger partial charge in [0.05, 0.1) is 12.2 Å². The first-order chi connectivity index (χ1) is 33.3. The SMILES string of the molecule is O=C1CC[C@H]2C(c3ccc(O)cc3)Oc3ccc(O)cc3[C@H]2C1.Oc1ccc(C2Oc3ccc(O)cc3[C@H]3C[C@@H](O)CC[C@@H]23)cc1.Oc1ccc(C2Oc3ccc(O)cc3[C@H]3C[C@H](O)CC[C@@H]23)cc1. The second-order valence-electron chi connectivity index (χ2n) is 19.6. The molecule has 3 unspecified atom stereocenters. The number of carbonyl (C=O) groups is 1. The standard InChI is InChI=1S/2C19H20O4.C19H18O4/c3*20-12-3-1-11(2-4-12)19-15-7-5-13(21)9-16(15)17-10-14(22)6-8-18(17)23-19/h2*1-4,6,8,10,13,15-16,19-22H,5,7,9H2;1-4,6,8,10,15-16,19-20,22H,5,7,9H2/t13-,15+,16-,19?;13-,15-,16+,19?;15-,16+,19?/m011/s1. The number of hydrogen-bond donors (Lipinski definition) is 8. The minimum Gasteiger partial charge on any atom is -0.508 e. The summed E-state index contributed by atoms with van der Waals surface area (Å²) in [7, 11) is 0. The van der Waals surface area contributed by atoms with E-state index in [1.165, 1.54) is 0 Å². The van der Waals surface area contributed by atoms with Gasteiger partial charge in [-0.1, -0.05) is 36.4 Å². The van der Waals surface area contributed by atoms with E-state index < -0.39 is 0 Å². The van der Waals surface area contributed by atoms with E-state index in [2.05, 4.69) is 0 Å². The molecule has 0 aromatic heterocycles. The molecule has 3 heterocycles. The zero-order valence-corrected chi connectivity index (χ0v) is 38.0. The summed E-state index contributed by atoms with van der Waals surface area (Å²) in [5.74, 6) is 5.07. The summed E-state index contributed by atoms with van der Waals surface area (Å²) in [4.78, 5) is 12.0. The second-order valence-corrected chi connectivity index (χ2v) is 19.6. The summed E-state index contributed by atoms with van der Waals surface area (Å²) < 4.78 is 18.7. The number of rotatable bonds is 3. The van der Waals surface area contributed by atoms with Gasteiger partial charge >= 0.3 is 0 Å². The van der Waals surface area contributed by atoms with Crippen molar-refractivity contribution in [3.05, 3.63) is 161 Å². The molecule has 0 spiro atoms. The predicted octanol–water partition coefficient (Wildman–Crippen LogP) is 10.6. The number of Topliss-reactive ketones (excluding diaryl/α,β-unsaturated/α-hetero) is 1. The fraction of sp³-hybridized carbons (Fsp3) is 0.351. The Kier molecular flexibility index (Phi) is 12.8. The van der Waals surface area contributed by atoms with E-state index in [4.69, 9.17) is 14.2 Å². The van der Waals surface area contributed by atoms with Gasteiger partial charge in [-0.05, 0) is 164 Å². The molecule has 0 amide bonds. The number of fused-ring (bicyclic) bond motifs is 9. The highest BCUT2D eigenvalue weighted by molar-refractivity contribution is 5.80. The monoisotopic (exact) mass is 934 g/mol. The van der Waals surface area contributed by atoms with Gasteiger partial charge in [-0.2, -0.15) is 0 Å². The molecular weight excluding hydrogens is 877 g/mol. The van der Waals surface area contributed by atoms with E-state index >= 15 is 0 Å². The van der Waals surface area contributed by atoms with E-state index in [-0.39, 0.29) is 106 Å². The van der Waals surface area contributed by atoms with Crippen molar-refractivity contribution < 1.29 is 59.9 Å². The summed E-state index contributed by atoms with van der Waals surface area (Å²) in [6, 6.07) is 36.9. The van der Waals surface area contributed by atoms with E-state index in [1.54, 1.807) is 91.0 Å². The van der Waals surface area contributed by atoms with E-state index in [9.17, 15) is 45.6 Å². The Morgan fingerprint density at radius 1 is 0.377 bits per heavy atom. The summed E-state index contributed by atoms with van der Waals surface area (Å²) in [5, 5.41) is 78.1. The maximum Gasteiger partial charge on any atom is 0.133 e.